The van der Waals surface area contributed by atoms with Gasteiger partial charge in [-0.05, 0) is 18.9 Å². The van der Waals surface area contributed by atoms with E-state index in [1.54, 1.807) is 0 Å². The highest BCUT2D eigenvalue weighted by molar-refractivity contribution is 5.56. The molecule has 1 aliphatic rings. The summed E-state index contributed by atoms with van der Waals surface area (Å²) in [7, 11) is 0. The van der Waals surface area contributed by atoms with E-state index in [1.807, 2.05) is 36.1 Å². The van der Waals surface area contributed by atoms with E-state index in [9.17, 15) is 18.3 Å². The molecule has 1 aromatic carbocycles. The summed E-state index contributed by atoms with van der Waals surface area (Å²) in [5.74, 6) is 0. The largest absolute Gasteiger partial charge is 0.412 e. The first-order valence-electron chi connectivity index (χ1n) is 6.71. The van der Waals surface area contributed by atoms with Crippen LogP contribution >= 0.6 is 0 Å². The molecule has 0 spiro atoms. The second-order valence-corrected chi connectivity index (χ2v) is 4.91. The fourth-order valence-corrected chi connectivity index (χ4v) is 2.42. The molecule has 0 bridgehead atoms. The number of hydrogen-bond acceptors (Lipinski definition) is 2. The number of aliphatic hydroxyl groups excluding tert-OH is 1. The fraction of sp³-hybridized carbons (Fsp3) is 0.467. The molecule has 0 aliphatic carbocycles. The molecule has 0 saturated heterocycles. The zero-order chi connectivity index (χ0) is 14.8. The van der Waals surface area contributed by atoms with Crippen molar-refractivity contribution in [3.63, 3.8) is 0 Å². The average Bonchev–Trinajstić information content (AvgIpc) is 2.45. The Bertz CT molecular complexity index is 496. The van der Waals surface area contributed by atoms with E-state index >= 15 is 0 Å². The van der Waals surface area contributed by atoms with Crippen molar-refractivity contribution in [3.05, 3.63) is 41.5 Å². The first-order chi connectivity index (χ1) is 9.43. The first-order valence-corrected chi connectivity index (χ1v) is 6.71. The molecule has 1 heterocycles. The van der Waals surface area contributed by atoms with Gasteiger partial charge in [0.25, 0.3) is 0 Å². The van der Waals surface area contributed by atoms with Crippen molar-refractivity contribution in [2.45, 2.75) is 32.0 Å². The maximum atomic E-state index is 12.6. The van der Waals surface area contributed by atoms with Gasteiger partial charge < -0.3 is 10.0 Å². The predicted molar refractivity (Wildman–Crippen MR) is 72.7 cm³/mol. The fourth-order valence-electron chi connectivity index (χ4n) is 2.42. The summed E-state index contributed by atoms with van der Waals surface area (Å²) < 4.78 is 37.8. The number of para-hydroxylation sites is 1. The molecule has 0 radical (unpaired) electrons. The Hall–Kier alpha value is -1.49. The van der Waals surface area contributed by atoms with Crippen molar-refractivity contribution in [2.24, 2.45) is 0 Å². The highest BCUT2D eigenvalue weighted by Crippen LogP contribution is 2.34. The number of aliphatic hydroxyl groups is 1. The molecule has 0 saturated carbocycles. The van der Waals surface area contributed by atoms with Gasteiger partial charge in [0.2, 0.25) is 0 Å². The smallest absolute Gasteiger partial charge is 0.388 e. The Kier molecular flexibility index (Phi) is 4.38. The zero-order valence-electron chi connectivity index (χ0n) is 11.3. The van der Waals surface area contributed by atoms with Crippen LogP contribution in [-0.4, -0.2) is 24.4 Å². The summed E-state index contributed by atoms with van der Waals surface area (Å²) >= 11 is 0. The van der Waals surface area contributed by atoms with E-state index in [2.05, 4.69) is 0 Å². The van der Waals surface area contributed by atoms with Gasteiger partial charge in [0.05, 0.1) is 6.10 Å². The van der Waals surface area contributed by atoms with Crippen LogP contribution in [0.4, 0.5) is 18.9 Å². The van der Waals surface area contributed by atoms with E-state index in [-0.39, 0.29) is 13.0 Å². The van der Waals surface area contributed by atoms with Crippen LogP contribution in [0.2, 0.25) is 0 Å². The van der Waals surface area contributed by atoms with E-state index in [0.29, 0.717) is 13.0 Å². The van der Waals surface area contributed by atoms with Crippen molar-refractivity contribution in [2.75, 3.05) is 18.0 Å². The molecule has 2 nitrogen and oxygen atoms in total. The Labute approximate surface area is 116 Å². The second-order valence-electron chi connectivity index (χ2n) is 4.91. The Balaban J connectivity index is 2.21. The van der Waals surface area contributed by atoms with Crippen molar-refractivity contribution in [1.29, 1.82) is 0 Å². The van der Waals surface area contributed by atoms with E-state index in [1.165, 1.54) is 6.08 Å². The Morgan fingerprint density at radius 1 is 1.30 bits per heavy atom. The van der Waals surface area contributed by atoms with Crippen LogP contribution in [0.15, 0.2) is 35.9 Å². The molecule has 1 atom stereocenters. The molecule has 110 valence electrons. The van der Waals surface area contributed by atoms with Gasteiger partial charge >= 0.3 is 6.18 Å². The van der Waals surface area contributed by atoms with Crippen LogP contribution in [0.3, 0.4) is 0 Å². The van der Waals surface area contributed by atoms with Gasteiger partial charge in [-0.1, -0.05) is 31.2 Å². The second kappa shape index (κ2) is 5.87. The maximum absolute atomic E-state index is 12.6. The summed E-state index contributed by atoms with van der Waals surface area (Å²) in [5.41, 5.74) is 1.14. The number of alkyl halides is 3. The minimum atomic E-state index is -4.23. The van der Waals surface area contributed by atoms with Crippen LogP contribution in [0.5, 0.6) is 0 Å². The monoisotopic (exact) mass is 285 g/mol. The number of hydrogen-bond donors (Lipinski definition) is 1. The normalized spacial score (nSPS) is 17.9. The highest BCUT2D eigenvalue weighted by atomic mass is 19.4. The molecule has 1 aliphatic heterocycles. The minimum absolute atomic E-state index is 0.0138. The maximum Gasteiger partial charge on any atom is 0.412 e. The van der Waals surface area contributed by atoms with E-state index in [0.717, 1.165) is 11.3 Å². The SMILES string of the molecule is CC[C@H](O)c1ccccc1N1CC=C(C(F)(F)F)CC1. The third-order valence-corrected chi connectivity index (χ3v) is 3.60. The summed E-state index contributed by atoms with van der Waals surface area (Å²) in [4.78, 5) is 1.88. The van der Waals surface area contributed by atoms with Gasteiger partial charge in [0, 0.05) is 29.9 Å². The van der Waals surface area contributed by atoms with Crippen LogP contribution in [0, 0.1) is 0 Å². The molecule has 5 heteroatoms. The molecule has 0 unspecified atom stereocenters. The summed E-state index contributed by atoms with van der Waals surface area (Å²) in [6, 6.07) is 7.34. The van der Waals surface area contributed by atoms with Gasteiger partial charge in [-0.15, -0.1) is 0 Å². The van der Waals surface area contributed by atoms with Crippen molar-refractivity contribution < 1.29 is 18.3 Å². The summed E-state index contributed by atoms with van der Waals surface area (Å²) in [6.07, 6.45) is -3.01. The quantitative estimate of drug-likeness (QED) is 0.853. The van der Waals surface area contributed by atoms with Crippen LogP contribution in [-0.2, 0) is 0 Å². The molecule has 2 rings (SSSR count). The molecular weight excluding hydrogens is 267 g/mol. The molecule has 0 fully saturated rings. The highest BCUT2D eigenvalue weighted by Gasteiger charge is 2.35. The zero-order valence-corrected chi connectivity index (χ0v) is 11.3. The van der Waals surface area contributed by atoms with Crippen LogP contribution in [0.25, 0.3) is 0 Å². The average molecular weight is 285 g/mol. The number of anilines is 1. The lowest BCUT2D eigenvalue weighted by molar-refractivity contribution is -0.0944. The molecule has 0 amide bonds. The van der Waals surface area contributed by atoms with Gasteiger partial charge in [0.15, 0.2) is 0 Å². The van der Waals surface area contributed by atoms with Gasteiger partial charge in [-0.2, -0.15) is 13.2 Å². The molecule has 1 N–H and O–H groups in total. The summed E-state index contributed by atoms with van der Waals surface area (Å²) in [5, 5.41) is 10.00. The third-order valence-electron chi connectivity index (χ3n) is 3.60. The lowest BCUT2D eigenvalue weighted by atomic mass is 10.0. The van der Waals surface area contributed by atoms with Crippen molar-refractivity contribution >= 4 is 5.69 Å². The van der Waals surface area contributed by atoms with Gasteiger partial charge in [0.1, 0.15) is 0 Å². The Morgan fingerprint density at radius 2 is 2.00 bits per heavy atom. The minimum Gasteiger partial charge on any atom is -0.388 e. The van der Waals surface area contributed by atoms with Gasteiger partial charge in [-0.3, -0.25) is 0 Å². The molecular formula is C15H18F3NO. The Morgan fingerprint density at radius 3 is 2.55 bits per heavy atom. The molecule has 1 aromatic rings. The van der Waals surface area contributed by atoms with Crippen LogP contribution in [0.1, 0.15) is 31.4 Å². The lowest BCUT2D eigenvalue weighted by Crippen LogP contribution is -2.32. The topological polar surface area (TPSA) is 23.5 Å². The summed E-state index contributed by atoms with van der Waals surface area (Å²) in [6.45, 7) is 2.42. The van der Waals surface area contributed by atoms with E-state index < -0.39 is 17.9 Å². The first kappa shape index (κ1) is 14.9. The number of nitrogens with zero attached hydrogens (tertiary/aromatic N) is 1. The number of rotatable bonds is 3. The third kappa shape index (κ3) is 3.15. The van der Waals surface area contributed by atoms with Crippen molar-refractivity contribution in [3.8, 4) is 0 Å². The van der Waals surface area contributed by atoms with Crippen molar-refractivity contribution in [1.82, 2.24) is 0 Å². The molecule has 20 heavy (non-hydrogen) atoms. The number of halogens is 3. The molecule has 0 aromatic heterocycles. The predicted octanol–water partition coefficient (Wildman–Crippen LogP) is 3.83. The van der Waals surface area contributed by atoms with Crippen LogP contribution < -0.4 is 4.90 Å². The van der Waals surface area contributed by atoms with Gasteiger partial charge in [-0.25, -0.2) is 0 Å². The standard InChI is InChI=1S/C15H18F3NO/c1-2-14(20)12-5-3-4-6-13(12)19-9-7-11(8-10-19)15(16,17)18/h3-7,14,20H,2,8-10H2,1H3/t14-/m0/s1. The lowest BCUT2D eigenvalue weighted by Gasteiger charge is -2.31. The van der Waals surface area contributed by atoms with E-state index in [4.69, 9.17) is 0 Å². The number of benzene rings is 1.